The number of carbonyl (C=O) groups excluding carboxylic acids is 1. The minimum absolute atomic E-state index is 0.0613. The van der Waals surface area contributed by atoms with Gasteiger partial charge in [-0.1, -0.05) is 24.3 Å². The van der Waals surface area contributed by atoms with E-state index >= 15 is 0 Å². The van der Waals surface area contributed by atoms with Crippen molar-refractivity contribution < 1.29 is 27.8 Å². The van der Waals surface area contributed by atoms with Crippen LogP contribution in [-0.4, -0.2) is 18.0 Å². The third kappa shape index (κ3) is 4.12. The third-order valence-electron chi connectivity index (χ3n) is 3.10. The standard InChI is InChI=1S/C17H13F3O3/c1-23-16-8-6-11(9-15(16)22)5-7-14(21)12-3-2-4-13(10-12)17(18,19)20/h2-10,22H,1H3/b7-5+. The SMILES string of the molecule is COc1ccc(/C=C/C(=O)c2cccc(C(F)(F)F)c2)cc1O. The zero-order chi connectivity index (χ0) is 17.0. The van der Waals surface area contributed by atoms with Crippen LogP contribution in [0, 0.1) is 0 Å². The van der Waals surface area contributed by atoms with Crippen LogP contribution in [0.25, 0.3) is 6.08 Å². The van der Waals surface area contributed by atoms with E-state index in [9.17, 15) is 23.1 Å². The van der Waals surface area contributed by atoms with Crippen molar-refractivity contribution in [2.24, 2.45) is 0 Å². The Balaban J connectivity index is 2.20. The number of benzene rings is 2. The van der Waals surface area contributed by atoms with Gasteiger partial charge >= 0.3 is 6.18 Å². The van der Waals surface area contributed by atoms with Gasteiger partial charge in [0.1, 0.15) is 0 Å². The molecule has 6 heteroatoms. The van der Waals surface area contributed by atoms with Gasteiger partial charge in [-0.25, -0.2) is 0 Å². The van der Waals surface area contributed by atoms with Crippen molar-refractivity contribution in [1.82, 2.24) is 0 Å². The number of allylic oxidation sites excluding steroid dienone is 1. The normalized spacial score (nSPS) is 11.7. The number of phenols is 1. The highest BCUT2D eigenvalue weighted by Crippen LogP contribution is 2.30. The molecule has 0 radical (unpaired) electrons. The van der Waals surface area contributed by atoms with Crippen molar-refractivity contribution in [2.45, 2.75) is 6.18 Å². The van der Waals surface area contributed by atoms with E-state index in [1.54, 1.807) is 6.07 Å². The highest BCUT2D eigenvalue weighted by molar-refractivity contribution is 6.06. The lowest BCUT2D eigenvalue weighted by atomic mass is 10.1. The number of hydrogen-bond donors (Lipinski definition) is 1. The molecule has 2 aromatic rings. The number of aromatic hydroxyl groups is 1. The van der Waals surface area contributed by atoms with Crippen molar-refractivity contribution in [3.05, 3.63) is 65.2 Å². The van der Waals surface area contributed by atoms with Gasteiger partial charge in [0.15, 0.2) is 17.3 Å². The number of hydrogen-bond acceptors (Lipinski definition) is 3. The van der Waals surface area contributed by atoms with Crippen LogP contribution < -0.4 is 4.74 Å². The van der Waals surface area contributed by atoms with E-state index in [4.69, 9.17) is 4.74 Å². The maximum atomic E-state index is 12.6. The molecular formula is C17H13F3O3. The quantitative estimate of drug-likeness (QED) is 0.674. The van der Waals surface area contributed by atoms with Gasteiger partial charge in [0, 0.05) is 5.56 Å². The minimum Gasteiger partial charge on any atom is -0.504 e. The third-order valence-corrected chi connectivity index (χ3v) is 3.10. The summed E-state index contributed by atoms with van der Waals surface area (Å²) < 4.78 is 42.8. The van der Waals surface area contributed by atoms with Crippen LogP contribution in [-0.2, 0) is 6.18 Å². The Hall–Kier alpha value is -2.76. The largest absolute Gasteiger partial charge is 0.504 e. The molecule has 2 aromatic carbocycles. The summed E-state index contributed by atoms with van der Waals surface area (Å²) in [7, 11) is 1.40. The number of halogens is 3. The first-order chi connectivity index (χ1) is 10.8. The predicted octanol–water partition coefficient (Wildman–Crippen LogP) is 4.32. The fourth-order valence-electron chi connectivity index (χ4n) is 1.93. The lowest BCUT2D eigenvalue weighted by Gasteiger charge is -2.07. The summed E-state index contributed by atoms with van der Waals surface area (Å²) >= 11 is 0. The van der Waals surface area contributed by atoms with E-state index in [0.29, 0.717) is 5.56 Å². The lowest BCUT2D eigenvalue weighted by Crippen LogP contribution is -2.06. The Morgan fingerprint density at radius 2 is 1.91 bits per heavy atom. The molecule has 0 aromatic heterocycles. The summed E-state index contributed by atoms with van der Waals surface area (Å²) in [5, 5.41) is 9.63. The van der Waals surface area contributed by atoms with Crippen molar-refractivity contribution in [3.63, 3.8) is 0 Å². The molecule has 0 spiro atoms. The molecule has 0 fully saturated rings. The molecule has 0 atom stereocenters. The second-order valence-corrected chi connectivity index (χ2v) is 4.71. The van der Waals surface area contributed by atoms with Crippen molar-refractivity contribution in [2.75, 3.05) is 7.11 Å². The summed E-state index contributed by atoms with van der Waals surface area (Å²) in [5.41, 5.74) is -0.420. The Kier molecular flexibility index (Phi) is 4.74. The fourth-order valence-corrected chi connectivity index (χ4v) is 1.93. The van der Waals surface area contributed by atoms with Gasteiger partial charge in [0.2, 0.25) is 0 Å². The predicted molar refractivity (Wildman–Crippen MR) is 79.5 cm³/mol. The Morgan fingerprint density at radius 1 is 1.17 bits per heavy atom. The van der Waals surface area contributed by atoms with E-state index in [-0.39, 0.29) is 17.1 Å². The van der Waals surface area contributed by atoms with Gasteiger partial charge in [0.25, 0.3) is 0 Å². The molecule has 0 aliphatic rings. The second-order valence-electron chi connectivity index (χ2n) is 4.71. The first kappa shape index (κ1) is 16.6. The average Bonchev–Trinajstić information content (AvgIpc) is 2.52. The molecule has 2 rings (SSSR count). The van der Waals surface area contributed by atoms with E-state index in [1.165, 1.54) is 37.5 Å². The maximum absolute atomic E-state index is 12.6. The smallest absolute Gasteiger partial charge is 0.416 e. The highest BCUT2D eigenvalue weighted by atomic mass is 19.4. The van der Waals surface area contributed by atoms with Crippen LogP contribution in [0.15, 0.2) is 48.5 Å². The maximum Gasteiger partial charge on any atom is 0.416 e. The molecule has 0 bridgehead atoms. The van der Waals surface area contributed by atoms with Crippen LogP contribution in [0.5, 0.6) is 11.5 Å². The molecule has 1 N–H and O–H groups in total. The van der Waals surface area contributed by atoms with Gasteiger partial charge in [-0.2, -0.15) is 13.2 Å². The number of rotatable bonds is 4. The summed E-state index contributed by atoms with van der Waals surface area (Å²) in [4.78, 5) is 12.0. The van der Waals surface area contributed by atoms with Crippen molar-refractivity contribution in [3.8, 4) is 11.5 Å². The molecule has 0 aliphatic carbocycles. The Morgan fingerprint density at radius 3 is 2.52 bits per heavy atom. The molecule has 0 heterocycles. The van der Waals surface area contributed by atoms with Crippen molar-refractivity contribution >= 4 is 11.9 Å². The molecule has 0 aliphatic heterocycles. The van der Waals surface area contributed by atoms with Gasteiger partial charge in [-0.05, 0) is 35.9 Å². The van der Waals surface area contributed by atoms with Gasteiger partial charge in [0.05, 0.1) is 12.7 Å². The molecule has 3 nitrogen and oxygen atoms in total. The molecular weight excluding hydrogens is 309 g/mol. The molecule has 0 saturated carbocycles. The van der Waals surface area contributed by atoms with Gasteiger partial charge in [-0.3, -0.25) is 4.79 Å². The van der Waals surface area contributed by atoms with Crippen LogP contribution in [0.4, 0.5) is 13.2 Å². The first-order valence-corrected chi connectivity index (χ1v) is 6.58. The van der Waals surface area contributed by atoms with E-state index in [2.05, 4.69) is 0 Å². The highest BCUT2D eigenvalue weighted by Gasteiger charge is 2.30. The number of ketones is 1. The van der Waals surface area contributed by atoms with Gasteiger partial charge in [-0.15, -0.1) is 0 Å². The zero-order valence-corrected chi connectivity index (χ0v) is 12.1. The number of methoxy groups -OCH3 is 1. The first-order valence-electron chi connectivity index (χ1n) is 6.58. The van der Waals surface area contributed by atoms with E-state index < -0.39 is 17.5 Å². The second kappa shape index (κ2) is 6.56. The summed E-state index contributed by atoms with van der Waals surface area (Å²) in [6, 6.07) is 8.71. The molecule has 0 amide bonds. The van der Waals surface area contributed by atoms with E-state index in [1.807, 2.05) is 0 Å². The Labute approximate surface area is 130 Å². The molecule has 23 heavy (non-hydrogen) atoms. The van der Waals surface area contributed by atoms with Gasteiger partial charge < -0.3 is 9.84 Å². The van der Waals surface area contributed by atoms with E-state index in [0.717, 1.165) is 18.2 Å². The monoisotopic (exact) mass is 322 g/mol. The number of carbonyl (C=O) groups is 1. The summed E-state index contributed by atoms with van der Waals surface area (Å²) in [5.74, 6) is -0.376. The topological polar surface area (TPSA) is 46.5 Å². The summed E-state index contributed by atoms with van der Waals surface area (Å²) in [6.07, 6.45) is -1.94. The summed E-state index contributed by atoms with van der Waals surface area (Å²) in [6.45, 7) is 0. The Bertz CT molecular complexity index is 749. The molecule has 0 saturated heterocycles. The van der Waals surface area contributed by atoms with Crippen molar-refractivity contribution in [1.29, 1.82) is 0 Å². The number of alkyl halides is 3. The van der Waals surface area contributed by atoms with Crippen LogP contribution in [0.2, 0.25) is 0 Å². The van der Waals surface area contributed by atoms with Crippen LogP contribution in [0.3, 0.4) is 0 Å². The lowest BCUT2D eigenvalue weighted by molar-refractivity contribution is -0.137. The molecule has 120 valence electrons. The number of phenolic OH excluding ortho intramolecular Hbond substituents is 1. The van der Waals surface area contributed by atoms with Crippen LogP contribution in [0.1, 0.15) is 21.5 Å². The molecule has 0 unspecified atom stereocenters. The van der Waals surface area contributed by atoms with Crippen LogP contribution >= 0.6 is 0 Å². The number of ether oxygens (including phenoxy) is 1. The average molecular weight is 322 g/mol. The fraction of sp³-hybridized carbons (Fsp3) is 0.118. The zero-order valence-electron chi connectivity index (χ0n) is 12.1. The minimum atomic E-state index is -4.50.